The molecule has 0 aliphatic rings. The highest BCUT2D eigenvalue weighted by molar-refractivity contribution is 7.93. The highest BCUT2D eigenvalue weighted by Gasteiger charge is 2.35. The lowest BCUT2D eigenvalue weighted by Crippen LogP contribution is -2.43. The summed E-state index contributed by atoms with van der Waals surface area (Å²) in [5, 5.41) is 6.50. The van der Waals surface area contributed by atoms with Crippen LogP contribution in [0.15, 0.2) is 105 Å². The summed E-state index contributed by atoms with van der Waals surface area (Å²) in [6, 6.07) is 20.9. The zero-order valence-corrected chi connectivity index (χ0v) is 22.5. The third-order valence-corrected chi connectivity index (χ3v) is 8.27. The number of benzene rings is 3. The molecule has 5 aromatic rings. The number of hydrogen-bond acceptors (Lipinski definition) is 7. The Morgan fingerprint density at radius 1 is 0.925 bits per heavy atom. The van der Waals surface area contributed by atoms with E-state index >= 15 is 0 Å². The van der Waals surface area contributed by atoms with Crippen molar-refractivity contribution in [3.63, 3.8) is 0 Å². The second-order valence-electron chi connectivity index (χ2n) is 9.12. The maximum absolute atomic E-state index is 14.9. The van der Waals surface area contributed by atoms with Gasteiger partial charge in [-0.2, -0.15) is 8.78 Å². The minimum atomic E-state index is -4.32. The second-order valence-corrected chi connectivity index (χ2v) is 10.9. The van der Waals surface area contributed by atoms with Crippen LogP contribution in [0, 0.1) is 13.8 Å². The van der Waals surface area contributed by atoms with E-state index in [4.69, 9.17) is 8.94 Å². The Labute approximate surface area is 230 Å². The quantitative estimate of drug-likeness (QED) is 0.203. The van der Waals surface area contributed by atoms with Crippen molar-refractivity contribution in [2.75, 3.05) is 17.5 Å². The number of alkyl halides is 2. The van der Waals surface area contributed by atoms with E-state index in [-0.39, 0.29) is 16.3 Å². The van der Waals surface area contributed by atoms with Crippen LogP contribution in [0.4, 0.5) is 14.7 Å². The largest absolute Gasteiger partial charge is 0.445 e. The van der Waals surface area contributed by atoms with E-state index < -0.39 is 29.2 Å². The van der Waals surface area contributed by atoms with Crippen LogP contribution in [0.1, 0.15) is 16.8 Å². The summed E-state index contributed by atoms with van der Waals surface area (Å²) in [5.74, 6) is -2.85. The fourth-order valence-corrected chi connectivity index (χ4v) is 5.81. The Kier molecular flexibility index (Phi) is 7.51. The van der Waals surface area contributed by atoms with Crippen LogP contribution in [0.5, 0.6) is 0 Å². The smallest absolute Gasteiger partial charge is 0.285 e. The van der Waals surface area contributed by atoms with Gasteiger partial charge in [-0.25, -0.2) is 17.7 Å². The van der Waals surface area contributed by atoms with Crippen molar-refractivity contribution in [2.24, 2.45) is 0 Å². The normalized spacial score (nSPS) is 12.0. The molecular weight excluding hydrogens is 538 g/mol. The average Bonchev–Trinajstić information content (AvgIpc) is 3.62. The fourth-order valence-electron chi connectivity index (χ4n) is 4.21. The minimum absolute atomic E-state index is 0.0241. The first-order valence-electron chi connectivity index (χ1n) is 12.4. The Balaban J connectivity index is 1.48. The molecule has 8 nitrogen and oxygen atoms in total. The van der Waals surface area contributed by atoms with Crippen LogP contribution < -0.4 is 9.62 Å². The number of rotatable bonds is 10. The monoisotopic (exact) mass is 564 g/mol. The topological polar surface area (TPSA) is 101 Å². The van der Waals surface area contributed by atoms with Gasteiger partial charge in [0.15, 0.2) is 0 Å². The molecule has 11 heteroatoms. The molecule has 0 aliphatic heterocycles. The van der Waals surface area contributed by atoms with Gasteiger partial charge in [-0.15, -0.1) is 0 Å². The van der Waals surface area contributed by atoms with Gasteiger partial charge >= 0.3 is 0 Å². The van der Waals surface area contributed by atoms with Crippen LogP contribution in [0.2, 0.25) is 0 Å². The molecule has 0 fully saturated rings. The molecule has 0 atom stereocenters. The summed E-state index contributed by atoms with van der Waals surface area (Å²) in [7, 11) is -4.32. The summed E-state index contributed by atoms with van der Waals surface area (Å²) >= 11 is 0. The number of aromatic nitrogens is 2. The van der Waals surface area contributed by atoms with Crippen molar-refractivity contribution in [3.8, 4) is 22.6 Å². The maximum atomic E-state index is 14.9. The summed E-state index contributed by atoms with van der Waals surface area (Å²) in [4.78, 5) is 4.11. The van der Waals surface area contributed by atoms with E-state index in [1.807, 2.05) is 0 Å². The Morgan fingerprint density at radius 2 is 1.60 bits per heavy atom. The van der Waals surface area contributed by atoms with Crippen molar-refractivity contribution in [2.45, 2.75) is 24.7 Å². The first-order valence-corrected chi connectivity index (χ1v) is 13.8. The zero-order valence-electron chi connectivity index (χ0n) is 21.7. The van der Waals surface area contributed by atoms with Crippen LogP contribution >= 0.6 is 0 Å². The standard InChI is InChI=1S/C29H26F2N4O4S/c1-20-21(2)34-39-28(20)35(19-32-18-29(30,31)24-8-4-3-5-9-24)40(36,37)26-11-7-6-10-25(26)22-12-14-23(15-13-22)27-33-16-17-38-27/h3-17,32H,18-19H2,1-2H3. The van der Waals surface area contributed by atoms with Gasteiger partial charge in [-0.3, -0.25) is 5.32 Å². The van der Waals surface area contributed by atoms with Gasteiger partial charge in [0.2, 0.25) is 11.8 Å². The van der Waals surface area contributed by atoms with E-state index in [1.165, 1.54) is 42.8 Å². The number of nitrogens with one attached hydrogen (secondary N) is 1. The minimum Gasteiger partial charge on any atom is -0.445 e. The van der Waals surface area contributed by atoms with Crippen LogP contribution in [-0.2, 0) is 15.9 Å². The summed E-state index contributed by atoms with van der Waals surface area (Å²) in [6.07, 6.45) is 3.01. The van der Waals surface area contributed by atoms with E-state index in [2.05, 4.69) is 15.5 Å². The molecular formula is C29H26F2N4O4S. The predicted molar refractivity (Wildman–Crippen MR) is 146 cm³/mol. The number of oxazole rings is 1. The zero-order chi connectivity index (χ0) is 28.3. The van der Waals surface area contributed by atoms with Crippen molar-refractivity contribution in [1.82, 2.24) is 15.5 Å². The van der Waals surface area contributed by atoms with E-state index in [9.17, 15) is 17.2 Å². The maximum Gasteiger partial charge on any atom is 0.285 e. The second kappa shape index (κ2) is 11.0. The molecule has 2 heterocycles. The fraction of sp³-hybridized carbons (Fsp3) is 0.172. The van der Waals surface area contributed by atoms with Crippen molar-refractivity contribution in [3.05, 3.63) is 108 Å². The molecule has 0 saturated carbocycles. The molecule has 2 aromatic heterocycles. The van der Waals surface area contributed by atoms with Gasteiger partial charge in [0, 0.05) is 22.3 Å². The van der Waals surface area contributed by atoms with Gasteiger partial charge in [0.25, 0.3) is 15.9 Å². The van der Waals surface area contributed by atoms with Crippen molar-refractivity contribution >= 4 is 15.9 Å². The predicted octanol–water partition coefficient (Wildman–Crippen LogP) is 6.15. The van der Waals surface area contributed by atoms with E-state index in [0.717, 1.165) is 9.87 Å². The first-order chi connectivity index (χ1) is 19.2. The lowest BCUT2D eigenvalue weighted by Gasteiger charge is -2.25. The molecule has 0 radical (unpaired) electrons. The average molecular weight is 565 g/mol. The van der Waals surface area contributed by atoms with E-state index in [1.54, 1.807) is 62.4 Å². The Morgan fingerprint density at radius 3 is 2.25 bits per heavy atom. The van der Waals surface area contributed by atoms with E-state index in [0.29, 0.717) is 28.3 Å². The van der Waals surface area contributed by atoms with Crippen molar-refractivity contribution in [1.29, 1.82) is 0 Å². The van der Waals surface area contributed by atoms with Gasteiger partial charge in [0.05, 0.1) is 30.0 Å². The highest BCUT2D eigenvalue weighted by atomic mass is 32.2. The molecule has 206 valence electrons. The van der Waals surface area contributed by atoms with Crippen LogP contribution in [0.25, 0.3) is 22.6 Å². The molecule has 0 unspecified atom stereocenters. The molecule has 0 bridgehead atoms. The molecule has 1 N–H and O–H groups in total. The number of aryl methyl sites for hydroxylation is 1. The number of halogens is 2. The number of sulfonamides is 1. The lowest BCUT2D eigenvalue weighted by atomic mass is 10.0. The summed E-state index contributed by atoms with van der Waals surface area (Å²) in [5.41, 5.74) is 2.57. The molecule has 0 amide bonds. The van der Waals surface area contributed by atoms with Gasteiger partial charge < -0.3 is 8.94 Å². The SMILES string of the molecule is Cc1noc(N(CNCC(F)(F)c2ccccc2)S(=O)(=O)c2ccccc2-c2ccc(-c3ncco3)cc2)c1C. The number of hydrogen-bond donors (Lipinski definition) is 1. The summed E-state index contributed by atoms with van der Waals surface area (Å²) in [6.45, 7) is 2.07. The number of anilines is 1. The first kappa shape index (κ1) is 27.2. The van der Waals surface area contributed by atoms with Crippen LogP contribution in [-0.4, -0.2) is 31.8 Å². The van der Waals surface area contributed by atoms with Crippen LogP contribution in [0.3, 0.4) is 0 Å². The molecule has 0 spiro atoms. The highest BCUT2D eigenvalue weighted by Crippen LogP contribution is 2.34. The van der Waals surface area contributed by atoms with Crippen molar-refractivity contribution < 1.29 is 26.1 Å². The lowest BCUT2D eigenvalue weighted by molar-refractivity contribution is -0.00275. The molecule has 3 aromatic carbocycles. The third-order valence-electron chi connectivity index (χ3n) is 6.49. The number of nitrogens with zero attached hydrogens (tertiary/aromatic N) is 3. The molecule has 0 saturated heterocycles. The molecule has 5 rings (SSSR count). The molecule has 0 aliphatic carbocycles. The molecule has 40 heavy (non-hydrogen) atoms. The third kappa shape index (κ3) is 5.38. The Bertz CT molecular complexity index is 1690. The van der Waals surface area contributed by atoms with Gasteiger partial charge in [0.1, 0.15) is 6.26 Å². The van der Waals surface area contributed by atoms with Gasteiger partial charge in [-0.05, 0) is 37.6 Å². The summed E-state index contributed by atoms with van der Waals surface area (Å²) < 4.78 is 69.7. The Hall–Kier alpha value is -4.35. The van der Waals surface area contributed by atoms with Gasteiger partial charge in [-0.1, -0.05) is 65.8 Å².